The molecule has 0 bridgehead atoms. The first-order valence-electron chi connectivity index (χ1n) is 6.92. The van der Waals surface area contributed by atoms with Gasteiger partial charge in [0.2, 0.25) is 0 Å². The molecule has 0 N–H and O–H groups in total. The molecule has 5 heteroatoms. The van der Waals surface area contributed by atoms with Crippen LogP contribution >= 0.6 is 15.9 Å². The van der Waals surface area contributed by atoms with Gasteiger partial charge in [0.05, 0.1) is 17.8 Å². The molecular weight excluding hydrogens is 346 g/mol. The van der Waals surface area contributed by atoms with Crippen LogP contribution in [0.2, 0.25) is 0 Å². The molecule has 1 amide bonds. The Morgan fingerprint density at radius 2 is 1.86 bits per heavy atom. The number of rotatable bonds is 4. The second-order valence-electron chi connectivity index (χ2n) is 5.09. The summed E-state index contributed by atoms with van der Waals surface area (Å²) < 4.78 is 6.36. The normalized spacial score (nSPS) is 13.5. The zero-order valence-electron chi connectivity index (χ0n) is 12.0. The van der Waals surface area contributed by atoms with Gasteiger partial charge in [0.15, 0.2) is 0 Å². The van der Waals surface area contributed by atoms with Crippen LogP contribution in [-0.2, 0) is 4.79 Å². The molecule has 0 saturated heterocycles. The smallest absolute Gasteiger partial charge is 0.299 e. The predicted octanol–water partition coefficient (Wildman–Crippen LogP) is 3.37. The second kappa shape index (κ2) is 5.93. The van der Waals surface area contributed by atoms with Crippen LogP contribution in [0.15, 0.2) is 46.9 Å². The first-order chi connectivity index (χ1) is 10.6. The summed E-state index contributed by atoms with van der Waals surface area (Å²) in [7, 11) is 0. The quantitative estimate of drug-likeness (QED) is 0.786. The lowest BCUT2D eigenvalue weighted by Gasteiger charge is -2.18. The van der Waals surface area contributed by atoms with Crippen molar-refractivity contribution >= 4 is 33.3 Å². The summed E-state index contributed by atoms with van der Waals surface area (Å²) in [5.41, 5.74) is 2.03. The maximum absolute atomic E-state index is 12.2. The number of anilines is 1. The zero-order valence-corrected chi connectivity index (χ0v) is 13.6. The number of ether oxygens (including phenoxy) is 1. The molecule has 0 spiro atoms. The molecule has 2 aromatic carbocycles. The van der Waals surface area contributed by atoms with E-state index in [9.17, 15) is 9.59 Å². The number of carbonyl (C=O) groups excluding carboxylic acids is 2. The molecule has 112 valence electrons. The number of benzene rings is 2. The molecule has 0 fully saturated rings. The third kappa shape index (κ3) is 2.64. The SMILES string of the molecule is Cc1cc(Br)c2c(c1)C(=O)C(=O)N2CCOc1ccccc1. The highest BCUT2D eigenvalue weighted by Crippen LogP contribution is 2.36. The number of halogens is 1. The van der Waals surface area contributed by atoms with Crippen molar-refractivity contribution in [2.75, 3.05) is 18.1 Å². The Hall–Kier alpha value is -2.14. The zero-order chi connectivity index (χ0) is 15.7. The Balaban J connectivity index is 1.78. The first-order valence-corrected chi connectivity index (χ1v) is 7.71. The standard InChI is InChI=1S/C17H14BrNO3/c1-11-9-13-15(14(18)10-11)19(17(21)16(13)20)7-8-22-12-5-3-2-4-6-12/h2-6,9-10H,7-8H2,1H3. The Labute approximate surface area is 136 Å². The molecule has 2 aromatic rings. The fourth-order valence-corrected chi connectivity index (χ4v) is 3.29. The Morgan fingerprint density at radius 3 is 2.59 bits per heavy atom. The number of fused-ring (bicyclic) bond motifs is 1. The number of carbonyl (C=O) groups is 2. The maximum atomic E-state index is 12.2. The average molecular weight is 360 g/mol. The lowest BCUT2D eigenvalue weighted by atomic mass is 10.1. The molecule has 1 aliphatic rings. The predicted molar refractivity (Wildman–Crippen MR) is 87.5 cm³/mol. The molecule has 3 rings (SSSR count). The van der Waals surface area contributed by atoms with Crippen LogP contribution in [0.1, 0.15) is 15.9 Å². The lowest BCUT2D eigenvalue weighted by molar-refractivity contribution is -0.114. The maximum Gasteiger partial charge on any atom is 0.299 e. The fraction of sp³-hybridized carbons (Fsp3) is 0.176. The van der Waals surface area contributed by atoms with Crippen molar-refractivity contribution in [2.45, 2.75) is 6.92 Å². The van der Waals surface area contributed by atoms with E-state index in [1.165, 1.54) is 4.90 Å². The summed E-state index contributed by atoms with van der Waals surface area (Å²) in [5.74, 6) is -0.222. The van der Waals surface area contributed by atoms with Crippen molar-refractivity contribution in [2.24, 2.45) is 0 Å². The number of para-hydroxylation sites is 1. The molecule has 0 aliphatic carbocycles. The van der Waals surface area contributed by atoms with E-state index in [2.05, 4.69) is 15.9 Å². The third-order valence-corrected chi connectivity index (χ3v) is 4.09. The minimum Gasteiger partial charge on any atom is -0.492 e. The highest BCUT2D eigenvalue weighted by molar-refractivity contribution is 9.10. The van der Waals surface area contributed by atoms with Gasteiger partial charge in [-0.2, -0.15) is 0 Å². The minimum absolute atomic E-state index is 0.322. The molecule has 22 heavy (non-hydrogen) atoms. The summed E-state index contributed by atoms with van der Waals surface area (Å²) in [6.07, 6.45) is 0. The van der Waals surface area contributed by atoms with E-state index in [-0.39, 0.29) is 0 Å². The molecule has 4 nitrogen and oxygen atoms in total. The first kappa shape index (κ1) is 14.8. The van der Waals surface area contributed by atoms with Crippen molar-refractivity contribution < 1.29 is 14.3 Å². The number of amides is 1. The third-order valence-electron chi connectivity index (χ3n) is 3.49. The van der Waals surface area contributed by atoms with E-state index in [0.29, 0.717) is 24.4 Å². The molecule has 0 saturated carbocycles. The van der Waals surface area contributed by atoms with Crippen LogP contribution in [0.25, 0.3) is 0 Å². The minimum atomic E-state index is -0.502. The number of hydrogen-bond acceptors (Lipinski definition) is 3. The summed E-state index contributed by atoms with van der Waals surface area (Å²) in [4.78, 5) is 25.7. The molecular formula is C17H14BrNO3. The largest absolute Gasteiger partial charge is 0.492 e. The van der Waals surface area contributed by atoms with Crippen LogP contribution in [0.3, 0.4) is 0 Å². The number of ketones is 1. The van der Waals surface area contributed by atoms with Gasteiger partial charge in [-0.3, -0.25) is 9.59 Å². The van der Waals surface area contributed by atoms with Crippen molar-refractivity contribution in [3.63, 3.8) is 0 Å². The van der Waals surface area contributed by atoms with Crippen LogP contribution in [-0.4, -0.2) is 24.8 Å². The van der Waals surface area contributed by atoms with Gasteiger partial charge in [-0.15, -0.1) is 0 Å². The van der Waals surface area contributed by atoms with E-state index in [4.69, 9.17) is 4.74 Å². The van der Waals surface area contributed by atoms with Crippen molar-refractivity contribution in [3.05, 3.63) is 58.1 Å². The number of hydrogen-bond donors (Lipinski definition) is 0. The van der Waals surface area contributed by atoms with Crippen molar-refractivity contribution in [1.29, 1.82) is 0 Å². The van der Waals surface area contributed by atoms with Gasteiger partial charge in [-0.05, 0) is 52.7 Å². The lowest BCUT2D eigenvalue weighted by Crippen LogP contribution is -2.33. The summed E-state index contributed by atoms with van der Waals surface area (Å²) in [6.45, 7) is 2.54. The van der Waals surface area contributed by atoms with Gasteiger partial charge in [0.25, 0.3) is 11.7 Å². The molecule has 0 radical (unpaired) electrons. The van der Waals surface area contributed by atoms with E-state index in [1.807, 2.05) is 43.3 Å². The highest BCUT2D eigenvalue weighted by Gasteiger charge is 2.37. The fourth-order valence-electron chi connectivity index (χ4n) is 2.51. The van der Waals surface area contributed by atoms with Crippen LogP contribution in [0.5, 0.6) is 5.75 Å². The average Bonchev–Trinajstić information content (AvgIpc) is 2.74. The Kier molecular flexibility index (Phi) is 3.98. The molecule has 1 heterocycles. The second-order valence-corrected chi connectivity index (χ2v) is 5.94. The summed E-state index contributed by atoms with van der Waals surface area (Å²) in [6, 6.07) is 13.0. The highest BCUT2D eigenvalue weighted by atomic mass is 79.9. The summed E-state index contributed by atoms with van der Waals surface area (Å²) in [5, 5.41) is 0. The summed E-state index contributed by atoms with van der Waals surface area (Å²) >= 11 is 3.44. The van der Waals surface area contributed by atoms with Crippen LogP contribution < -0.4 is 9.64 Å². The van der Waals surface area contributed by atoms with E-state index in [1.54, 1.807) is 6.07 Å². The van der Waals surface area contributed by atoms with Crippen LogP contribution in [0.4, 0.5) is 5.69 Å². The van der Waals surface area contributed by atoms with E-state index in [0.717, 1.165) is 15.8 Å². The van der Waals surface area contributed by atoms with Gasteiger partial charge in [0, 0.05) is 4.47 Å². The monoisotopic (exact) mass is 359 g/mol. The Morgan fingerprint density at radius 1 is 1.14 bits per heavy atom. The van der Waals surface area contributed by atoms with Gasteiger partial charge in [0.1, 0.15) is 12.4 Å². The van der Waals surface area contributed by atoms with E-state index < -0.39 is 11.7 Å². The van der Waals surface area contributed by atoms with Crippen molar-refractivity contribution in [1.82, 2.24) is 0 Å². The number of Topliss-reactive ketones (excluding diaryl/α,β-unsaturated/α-hetero) is 1. The van der Waals surface area contributed by atoms with Gasteiger partial charge in [-0.25, -0.2) is 0 Å². The van der Waals surface area contributed by atoms with Gasteiger partial charge >= 0.3 is 0 Å². The molecule has 0 aromatic heterocycles. The van der Waals surface area contributed by atoms with E-state index >= 15 is 0 Å². The molecule has 0 atom stereocenters. The van der Waals surface area contributed by atoms with Crippen molar-refractivity contribution in [3.8, 4) is 5.75 Å². The van der Waals surface area contributed by atoms with Gasteiger partial charge < -0.3 is 9.64 Å². The Bertz CT molecular complexity index is 743. The molecule has 1 aliphatic heterocycles. The molecule has 0 unspecified atom stereocenters. The van der Waals surface area contributed by atoms with Crippen LogP contribution in [0, 0.1) is 6.92 Å². The number of nitrogens with zero attached hydrogens (tertiary/aromatic N) is 1. The number of aryl methyl sites for hydroxylation is 1. The topological polar surface area (TPSA) is 46.6 Å². The van der Waals surface area contributed by atoms with Gasteiger partial charge in [-0.1, -0.05) is 18.2 Å².